The number of nitrogens with zero attached hydrogens (tertiary/aromatic N) is 1. The second kappa shape index (κ2) is 8.12. The van der Waals surface area contributed by atoms with Crippen molar-refractivity contribution < 1.29 is 14.4 Å². The van der Waals surface area contributed by atoms with Crippen molar-refractivity contribution in [3.05, 3.63) is 101 Å². The number of hydrogen-bond donors (Lipinski definition) is 2. The van der Waals surface area contributed by atoms with Gasteiger partial charge in [0.05, 0.1) is 0 Å². The molecule has 2 N–H and O–H groups in total. The number of hydrogen-bond acceptors (Lipinski definition) is 3. The molecule has 3 aromatic rings. The maximum Gasteiger partial charge on any atom is 0.326 e. The Morgan fingerprint density at radius 2 is 1.40 bits per heavy atom. The van der Waals surface area contributed by atoms with Gasteiger partial charge < -0.3 is 10.6 Å². The summed E-state index contributed by atoms with van der Waals surface area (Å²) >= 11 is 3.34. The minimum Gasteiger partial charge on any atom is -0.325 e. The van der Waals surface area contributed by atoms with Crippen LogP contribution in [0.2, 0.25) is 0 Å². The van der Waals surface area contributed by atoms with Gasteiger partial charge in [-0.1, -0.05) is 76.6 Å². The zero-order chi connectivity index (χ0) is 21.1. The molecule has 1 fully saturated rings. The number of nitrogens with one attached hydrogen (secondary N) is 2. The van der Waals surface area contributed by atoms with Crippen LogP contribution in [0.1, 0.15) is 11.1 Å². The van der Waals surface area contributed by atoms with E-state index in [1.807, 2.05) is 36.4 Å². The molecule has 0 unspecified atom stereocenters. The average molecular weight is 464 g/mol. The molecule has 1 aliphatic rings. The molecular formula is C23H18BrN3O3. The van der Waals surface area contributed by atoms with Crippen molar-refractivity contribution in [1.29, 1.82) is 0 Å². The van der Waals surface area contributed by atoms with E-state index in [1.54, 1.807) is 48.5 Å². The molecule has 0 bridgehead atoms. The molecule has 4 rings (SSSR count). The van der Waals surface area contributed by atoms with Gasteiger partial charge in [-0.3, -0.25) is 14.5 Å². The summed E-state index contributed by atoms with van der Waals surface area (Å²) in [7, 11) is 0. The number of carbonyl (C=O) groups excluding carboxylic acids is 3. The van der Waals surface area contributed by atoms with Crippen LogP contribution >= 0.6 is 15.9 Å². The van der Waals surface area contributed by atoms with Gasteiger partial charge >= 0.3 is 6.03 Å². The van der Waals surface area contributed by atoms with Crippen molar-refractivity contribution in [1.82, 2.24) is 10.2 Å². The monoisotopic (exact) mass is 463 g/mol. The van der Waals surface area contributed by atoms with Crippen LogP contribution in [-0.4, -0.2) is 29.3 Å². The summed E-state index contributed by atoms with van der Waals surface area (Å²) in [6.07, 6.45) is 0. The first kappa shape index (κ1) is 19.8. The molecule has 1 saturated heterocycles. The molecule has 6 nitrogen and oxygen atoms in total. The lowest BCUT2D eigenvalue weighted by Gasteiger charge is -2.28. The fourth-order valence-electron chi connectivity index (χ4n) is 3.53. The molecule has 3 aromatic carbocycles. The molecule has 0 aliphatic carbocycles. The van der Waals surface area contributed by atoms with Gasteiger partial charge in [-0.2, -0.15) is 0 Å². The summed E-state index contributed by atoms with van der Waals surface area (Å²) < 4.78 is 0.880. The molecule has 1 aliphatic heterocycles. The van der Waals surface area contributed by atoms with E-state index in [1.165, 1.54) is 0 Å². The largest absolute Gasteiger partial charge is 0.326 e. The summed E-state index contributed by atoms with van der Waals surface area (Å²) in [5, 5.41) is 5.54. The normalized spacial score (nSPS) is 15.0. The third kappa shape index (κ3) is 3.59. The molecule has 150 valence electrons. The molecule has 1 heterocycles. The number of rotatable bonds is 5. The van der Waals surface area contributed by atoms with Crippen molar-refractivity contribution in [3.8, 4) is 0 Å². The second-order valence-corrected chi connectivity index (χ2v) is 7.77. The smallest absolute Gasteiger partial charge is 0.325 e. The zero-order valence-electron chi connectivity index (χ0n) is 15.8. The van der Waals surface area contributed by atoms with Gasteiger partial charge in [0, 0.05) is 10.2 Å². The first-order valence-electron chi connectivity index (χ1n) is 9.31. The predicted octanol–water partition coefficient (Wildman–Crippen LogP) is 3.88. The summed E-state index contributed by atoms with van der Waals surface area (Å²) in [6, 6.07) is 24.5. The number of carbonyl (C=O) groups is 3. The van der Waals surface area contributed by atoms with Crippen molar-refractivity contribution in [2.75, 3.05) is 11.9 Å². The Balaban J connectivity index is 1.64. The highest BCUT2D eigenvalue weighted by Crippen LogP contribution is 2.35. The molecule has 7 heteroatoms. The molecule has 0 atom stereocenters. The number of halogens is 1. The number of benzene rings is 3. The first-order chi connectivity index (χ1) is 14.5. The molecule has 0 spiro atoms. The van der Waals surface area contributed by atoms with Crippen LogP contribution in [0.3, 0.4) is 0 Å². The van der Waals surface area contributed by atoms with E-state index in [0.717, 1.165) is 9.37 Å². The van der Waals surface area contributed by atoms with E-state index < -0.39 is 23.4 Å². The fourth-order valence-corrected chi connectivity index (χ4v) is 3.80. The molecule has 30 heavy (non-hydrogen) atoms. The highest BCUT2D eigenvalue weighted by atomic mass is 79.9. The van der Waals surface area contributed by atoms with E-state index in [0.29, 0.717) is 16.8 Å². The summed E-state index contributed by atoms with van der Waals surface area (Å²) in [6.45, 7) is -0.387. The van der Waals surface area contributed by atoms with E-state index in [-0.39, 0.29) is 6.54 Å². The van der Waals surface area contributed by atoms with Crippen LogP contribution < -0.4 is 10.6 Å². The van der Waals surface area contributed by atoms with Crippen LogP contribution in [0.5, 0.6) is 0 Å². The van der Waals surface area contributed by atoms with Gasteiger partial charge in [-0.05, 0) is 35.4 Å². The lowest BCUT2D eigenvalue weighted by molar-refractivity contribution is -0.133. The minimum atomic E-state index is -1.38. The fraction of sp³-hybridized carbons (Fsp3) is 0.0870. The maximum atomic E-state index is 13.5. The van der Waals surface area contributed by atoms with Crippen molar-refractivity contribution in [3.63, 3.8) is 0 Å². The third-order valence-corrected chi connectivity index (χ3v) is 5.48. The highest BCUT2D eigenvalue weighted by molar-refractivity contribution is 9.10. The van der Waals surface area contributed by atoms with Crippen molar-refractivity contribution in [2.24, 2.45) is 0 Å². The van der Waals surface area contributed by atoms with Gasteiger partial charge in [-0.15, -0.1) is 0 Å². The number of amides is 4. The Labute approximate surface area is 182 Å². The first-order valence-corrected chi connectivity index (χ1v) is 10.1. The Bertz CT molecular complexity index is 1050. The van der Waals surface area contributed by atoms with Gasteiger partial charge in [0.2, 0.25) is 5.91 Å². The summed E-state index contributed by atoms with van der Waals surface area (Å²) in [5.74, 6) is -0.950. The zero-order valence-corrected chi connectivity index (χ0v) is 17.4. The Morgan fingerprint density at radius 1 is 0.867 bits per heavy atom. The highest BCUT2D eigenvalue weighted by Gasteiger charge is 2.54. The van der Waals surface area contributed by atoms with Crippen LogP contribution in [0.15, 0.2) is 89.4 Å². The van der Waals surface area contributed by atoms with Gasteiger partial charge in [0.15, 0.2) is 5.54 Å². The van der Waals surface area contributed by atoms with E-state index in [4.69, 9.17) is 0 Å². The standard InChI is InChI=1S/C23H18BrN3O3/c24-18-11-13-19(14-12-18)25-20(28)15-27-21(29)23(26-22(27)30,16-7-3-1-4-8-16)17-9-5-2-6-10-17/h1-14H,15H2,(H,25,28)(H,26,30). The van der Waals surface area contributed by atoms with Gasteiger partial charge in [-0.25, -0.2) is 4.79 Å². The van der Waals surface area contributed by atoms with Crippen molar-refractivity contribution in [2.45, 2.75) is 5.54 Å². The topological polar surface area (TPSA) is 78.5 Å². The lowest BCUT2D eigenvalue weighted by Crippen LogP contribution is -2.45. The predicted molar refractivity (Wildman–Crippen MR) is 117 cm³/mol. The SMILES string of the molecule is O=C(CN1C(=O)NC(c2ccccc2)(c2ccccc2)C1=O)Nc1ccc(Br)cc1. The maximum absolute atomic E-state index is 13.5. The molecular weight excluding hydrogens is 446 g/mol. The van der Waals surface area contributed by atoms with E-state index in [2.05, 4.69) is 26.6 Å². The number of imide groups is 1. The second-order valence-electron chi connectivity index (χ2n) is 6.86. The molecule has 0 radical (unpaired) electrons. The van der Waals surface area contributed by atoms with Crippen LogP contribution in [-0.2, 0) is 15.1 Å². The Hall–Kier alpha value is -3.45. The lowest BCUT2D eigenvalue weighted by atomic mass is 9.82. The quantitative estimate of drug-likeness (QED) is 0.563. The molecule has 0 saturated carbocycles. The van der Waals surface area contributed by atoms with Crippen LogP contribution in [0.25, 0.3) is 0 Å². The van der Waals surface area contributed by atoms with Crippen LogP contribution in [0.4, 0.5) is 10.5 Å². The van der Waals surface area contributed by atoms with Gasteiger partial charge in [0.25, 0.3) is 5.91 Å². The molecule has 0 aromatic heterocycles. The van der Waals surface area contributed by atoms with Gasteiger partial charge in [0.1, 0.15) is 6.54 Å². The van der Waals surface area contributed by atoms with E-state index >= 15 is 0 Å². The molecule has 4 amide bonds. The average Bonchev–Trinajstić information content (AvgIpc) is 3.02. The minimum absolute atomic E-state index is 0.387. The van der Waals surface area contributed by atoms with E-state index in [9.17, 15) is 14.4 Å². The summed E-state index contributed by atoms with van der Waals surface area (Å²) in [5.41, 5.74) is 0.459. The number of urea groups is 1. The Morgan fingerprint density at radius 3 is 1.93 bits per heavy atom. The number of anilines is 1. The van der Waals surface area contributed by atoms with Crippen molar-refractivity contribution >= 4 is 39.5 Å². The third-order valence-electron chi connectivity index (χ3n) is 4.95. The van der Waals surface area contributed by atoms with Crippen LogP contribution in [0, 0.1) is 0 Å². The Kier molecular flexibility index (Phi) is 5.37. The summed E-state index contributed by atoms with van der Waals surface area (Å²) in [4.78, 5) is 39.8.